The fourth-order valence-electron chi connectivity index (χ4n) is 2.64. The van der Waals surface area contributed by atoms with Crippen LogP contribution in [0.2, 0.25) is 0 Å². The minimum absolute atomic E-state index is 0.0715. The van der Waals surface area contributed by atoms with Gasteiger partial charge in [0.25, 0.3) is 0 Å². The summed E-state index contributed by atoms with van der Waals surface area (Å²) >= 11 is 0. The van der Waals surface area contributed by atoms with Crippen LogP contribution in [0.1, 0.15) is 38.5 Å². The molecule has 0 spiro atoms. The maximum Gasteiger partial charge on any atom is 0.468 e. The van der Waals surface area contributed by atoms with Gasteiger partial charge < -0.3 is 14.2 Å². The van der Waals surface area contributed by atoms with Crippen LogP contribution in [0, 0.1) is 0 Å². The van der Waals surface area contributed by atoms with Crippen LogP contribution in [-0.2, 0) is 33.9 Å². The number of alkyl halides is 7. The topological polar surface area (TPSA) is 116 Å². The molecule has 17 heteroatoms. The molecule has 0 amide bonds. The number of halogens is 8. The van der Waals surface area contributed by atoms with E-state index in [4.69, 9.17) is 4.55 Å². The normalized spacial score (nSPS) is 18.3. The molecule has 1 unspecified atom stereocenters. The van der Waals surface area contributed by atoms with E-state index < -0.39 is 70.2 Å². The van der Waals surface area contributed by atoms with Crippen molar-refractivity contribution >= 4 is 22.1 Å². The average molecular weight is 522 g/mol. The van der Waals surface area contributed by atoms with Gasteiger partial charge in [0.1, 0.15) is 6.10 Å². The van der Waals surface area contributed by atoms with Crippen molar-refractivity contribution in [2.24, 2.45) is 0 Å². The lowest BCUT2D eigenvalue weighted by Gasteiger charge is -2.34. The summed E-state index contributed by atoms with van der Waals surface area (Å²) in [6, 6.07) is 0. The Hall–Kier alpha value is -2.01. The Labute approximate surface area is 181 Å². The minimum atomic E-state index is -6.72. The van der Waals surface area contributed by atoms with Crippen molar-refractivity contribution in [1.82, 2.24) is 0 Å². The Bertz CT molecular complexity index is 851. The number of ether oxygens (including phenoxy) is 3. The van der Waals surface area contributed by atoms with Crippen molar-refractivity contribution in [3.8, 4) is 0 Å². The first-order chi connectivity index (χ1) is 14.8. The number of carbonyl (C=O) groups is 2. The molecule has 0 heterocycles. The first-order valence-electron chi connectivity index (χ1n) is 9.00. The first-order valence-corrected chi connectivity index (χ1v) is 10.4. The molecule has 1 aliphatic rings. The molecule has 0 aromatic carbocycles. The highest BCUT2D eigenvalue weighted by Gasteiger charge is 2.69. The van der Waals surface area contributed by atoms with Gasteiger partial charge in [0, 0.05) is 6.42 Å². The molecule has 192 valence electrons. The van der Waals surface area contributed by atoms with E-state index >= 15 is 0 Å². The summed E-state index contributed by atoms with van der Waals surface area (Å²) in [7, 11) is -6.72. The lowest BCUT2D eigenvalue weighted by molar-refractivity contribution is -0.358. The zero-order valence-corrected chi connectivity index (χ0v) is 17.3. The van der Waals surface area contributed by atoms with E-state index in [0.717, 1.165) is 0 Å². The van der Waals surface area contributed by atoms with E-state index in [1.54, 1.807) is 0 Å². The second kappa shape index (κ2) is 10.1. The number of esters is 2. The van der Waals surface area contributed by atoms with Gasteiger partial charge in [-0.05, 0) is 25.7 Å². The van der Waals surface area contributed by atoms with Crippen LogP contribution >= 0.6 is 0 Å². The summed E-state index contributed by atoms with van der Waals surface area (Å²) in [5, 5.41) is -6.16. The van der Waals surface area contributed by atoms with Gasteiger partial charge >= 0.3 is 45.2 Å². The molecule has 8 nitrogen and oxygen atoms in total. The highest BCUT2D eigenvalue weighted by Crippen LogP contribution is 2.42. The fraction of sp³-hybridized carbons (Fsp3) is 0.750. The molecular weight excluding hydrogens is 504 g/mol. The molecule has 1 N–H and O–H groups in total. The Balaban J connectivity index is 3.26. The van der Waals surface area contributed by atoms with Gasteiger partial charge in [0.05, 0.1) is 6.61 Å². The van der Waals surface area contributed by atoms with Crippen LogP contribution in [0.25, 0.3) is 0 Å². The van der Waals surface area contributed by atoms with E-state index in [1.165, 1.54) is 0 Å². The molecule has 0 saturated heterocycles. The van der Waals surface area contributed by atoms with E-state index in [9.17, 15) is 53.1 Å². The van der Waals surface area contributed by atoms with Crippen LogP contribution in [-0.4, -0.2) is 60.8 Å². The lowest BCUT2D eigenvalue weighted by atomic mass is 9.98. The summed E-state index contributed by atoms with van der Waals surface area (Å²) in [5.74, 6) is -17.8. The molecule has 0 aromatic heterocycles. The SMILES string of the molecule is C=C(F)C(=O)OC(OCCC(F)(F)C(F)(F)S(=O)(=O)O)(C(=O)OC1CCCCC1)C(F)(F)F. The Kier molecular flexibility index (Phi) is 8.87. The molecule has 1 atom stereocenters. The third kappa shape index (κ3) is 6.53. The fourth-order valence-corrected chi connectivity index (χ4v) is 3.12. The Morgan fingerprint density at radius 2 is 1.52 bits per heavy atom. The molecule has 33 heavy (non-hydrogen) atoms. The summed E-state index contributed by atoms with van der Waals surface area (Å²) in [5.41, 5.74) is 0. The van der Waals surface area contributed by atoms with Crippen LogP contribution < -0.4 is 0 Å². The Morgan fingerprint density at radius 1 is 1.00 bits per heavy atom. The van der Waals surface area contributed by atoms with Gasteiger partial charge in [-0.15, -0.1) is 0 Å². The zero-order chi connectivity index (χ0) is 25.9. The van der Waals surface area contributed by atoms with Crippen molar-refractivity contribution in [3.63, 3.8) is 0 Å². The van der Waals surface area contributed by atoms with Crippen molar-refractivity contribution in [1.29, 1.82) is 0 Å². The van der Waals surface area contributed by atoms with Gasteiger partial charge in [-0.1, -0.05) is 13.0 Å². The number of hydrogen-bond donors (Lipinski definition) is 1. The molecule has 0 bridgehead atoms. The van der Waals surface area contributed by atoms with Crippen LogP contribution in [0.15, 0.2) is 12.4 Å². The smallest absolute Gasteiger partial charge is 0.457 e. The predicted octanol–water partition coefficient (Wildman–Crippen LogP) is 3.67. The van der Waals surface area contributed by atoms with Crippen LogP contribution in [0.4, 0.5) is 35.1 Å². The quantitative estimate of drug-likeness (QED) is 0.152. The molecular formula is C16H18F8O8S. The van der Waals surface area contributed by atoms with E-state index in [0.29, 0.717) is 19.3 Å². The molecule has 0 aromatic rings. The highest BCUT2D eigenvalue weighted by atomic mass is 32.2. The zero-order valence-electron chi connectivity index (χ0n) is 16.5. The van der Waals surface area contributed by atoms with Gasteiger partial charge in [0.15, 0.2) is 0 Å². The van der Waals surface area contributed by atoms with Gasteiger partial charge in [0.2, 0.25) is 5.83 Å². The molecule has 1 rings (SSSR count). The monoisotopic (exact) mass is 522 g/mol. The van der Waals surface area contributed by atoms with Crippen LogP contribution in [0.3, 0.4) is 0 Å². The molecule has 1 fully saturated rings. The summed E-state index contributed by atoms with van der Waals surface area (Å²) in [4.78, 5) is 23.7. The maximum atomic E-state index is 13.7. The van der Waals surface area contributed by atoms with E-state index in [2.05, 4.69) is 20.8 Å². The summed E-state index contributed by atoms with van der Waals surface area (Å²) < 4.78 is 149. The first kappa shape index (κ1) is 29.0. The predicted molar refractivity (Wildman–Crippen MR) is 90.1 cm³/mol. The summed E-state index contributed by atoms with van der Waals surface area (Å²) in [6.45, 7) is 0.154. The lowest BCUT2D eigenvalue weighted by Crippen LogP contribution is -2.59. The van der Waals surface area contributed by atoms with E-state index in [-0.39, 0.29) is 12.8 Å². The number of rotatable bonds is 10. The highest BCUT2D eigenvalue weighted by molar-refractivity contribution is 7.87. The third-order valence-electron chi connectivity index (χ3n) is 4.40. The molecule has 1 aliphatic carbocycles. The summed E-state index contributed by atoms with van der Waals surface area (Å²) in [6.07, 6.45) is -8.12. The average Bonchev–Trinajstić information content (AvgIpc) is 2.65. The molecule has 0 aliphatic heterocycles. The third-order valence-corrected chi connectivity index (χ3v) is 5.34. The van der Waals surface area contributed by atoms with Crippen molar-refractivity contribution in [2.75, 3.05) is 6.61 Å². The van der Waals surface area contributed by atoms with Crippen molar-refractivity contribution in [2.45, 2.75) is 67.8 Å². The molecule has 1 saturated carbocycles. The van der Waals surface area contributed by atoms with Crippen molar-refractivity contribution in [3.05, 3.63) is 12.4 Å². The number of carbonyl (C=O) groups excluding carboxylic acids is 2. The van der Waals surface area contributed by atoms with Gasteiger partial charge in [-0.2, -0.15) is 43.5 Å². The van der Waals surface area contributed by atoms with Crippen molar-refractivity contribution < 1.29 is 71.9 Å². The van der Waals surface area contributed by atoms with Gasteiger partial charge in [-0.25, -0.2) is 9.59 Å². The Morgan fingerprint density at radius 3 is 1.94 bits per heavy atom. The maximum absolute atomic E-state index is 13.7. The minimum Gasteiger partial charge on any atom is -0.457 e. The second-order valence-electron chi connectivity index (χ2n) is 6.87. The van der Waals surface area contributed by atoms with E-state index in [1.807, 2.05) is 0 Å². The standard InChI is InChI=1S/C16H18F8O8S/c1-9(17)11(25)32-14(15(20,21)22,12(26)31-10-5-3-2-4-6-10)30-8-7-13(18,19)16(23,24)33(27,28)29/h10H,1-8H2,(H,27,28,29). The largest absolute Gasteiger partial charge is 0.468 e. The van der Waals surface area contributed by atoms with Gasteiger partial charge in [-0.3, -0.25) is 4.55 Å². The van der Waals surface area contributed by atoms with Crippen LogP contribution in [0.5, 0.6) is 0 Å². The molecule has 0 radical (unpaired) electrons. The second-order valence-corrected chi connectivity index (χ2v) is 8.33. The number of hydrogen-bond acceptors (Lipinski definition) is 7.